The maximum atomic E-state index is 13.1. The Hall–Kier alpha value is -4.06. The fraction of sp³-hybridized carbons (Fsp3) is 0.120. The van der Waals surface area contributed by atoms with Crippen LogP contribution in [-0.4, -0.2) is 19.6 Å². The van der Waals surface area contributed by atoms with Gasteiger partial charge in [-0.3, -0.25) is 9.59 Å². The minimum Gasteiger partial charge on any atom is -0.497 e. The number of methoxy groups -OCH3 is 1. The van der Waals surface area contributed by atoms with E-state index in [-0.39, 0.29) is 29.5 Å². The Morgan fingerprint density at radius 2 is 1.65 bits per heavy atom. The van der Waals surface area contributed by atoms with Crippen molar-refractivity contribution in [1.29, 1.82) is 0 Å². The summed E-state index contributed by atoms with van der Waals surface area (Å²) in [5, 5.41) is 3.18. The van der Waals surface area contributed by atoms with Crippen LogP contribution in [0.1, 0.15) is 5.56 Å². The molecule has 156 valence electrons. The molecule has 0 aliphatic heterocycles. The summed E-state index contributed by atoms with van der Waals surface area (Å²) in [6.45, 7) is 0.0692. The molecule has 1 aromatic heterocycles. The summed E-state index contributed by atoms with van der Waals surface area (Å²) >= 11 is 0. The second kappa shape index (κ2) is 9.17. The molecule has 0 bridgehead atoms. The Kier molecular flexibility index (Phi) is 5.98. The van der Waals surface area contributed by atoms with Crippen molar-refractivity contribution in [3.63, 3.8) is 0 Å². The van der Waals surface area contributed by atoms with Crippen molar-refractivity contribution in [3.8, 4) is 22.8 Å². The Labute approximate surface area is 179 Å². The molecule has 3 aromatic carbocycles. The van der Waals surface area contributed by atoms with Crippen molar-refractivity contribution in [2.45, 2.75) is 6.54 Å². The predicted molar refractivity (Wildman–Crippen MR) is 118 cm³/mol. The molecule has 0 unspecified atom stereocenters. The molecule has 6 heteroatoms. The molecule has 1 heterocycles. The standard InChI is InChI=1S/C25H21NO5/c1-29-19-13-11-18(12-14-19)24-25(23(28)20-9-5-6-10-21(20)31-24)30-16-22(27)26-15-17-7-3-2-4-8-17/h2-14H,15-16H2,1H3,(H,26,27). The van der Waals surface area contributed by atoms with E-state index in [0.29, 0.717) is 28.8 Å². The van der Waals surface area contributed by atoms with Gasteiger partial charge < -0.3 is 19.2 Å². The monoisotopic (exact) mass is 415 g/mol. The van der Waals surface area contributed by atoms with Crippen LogP contribution < -0.4 is 20.2 Å². The zero-order chi connectivity index (χ0) is 21.6. The number of para-hydroxylation sites is 1. The van der Waals surface area contributed by atoms with Crippen LogP contribution in [-0.2, 0) is 11.3 Å². The van der Waals surface area contributed by atoms with Crippen LogP contribution >= 0.6 is 0 Å². The topological polar surface area (TPSA) is 77.8 Å². The van der Waals surface area contributed by atoms with Gasteiger partial charge >= 0.3 is 0 Å². The van der Waals surface area contributed by atoms with Crippen molar-refractivity contribution < 1.29 is 18.7 Å². The summed E-state index contributed by atoms with van der Waals surface area (Å²) in [6, 6.07) is 23.6. The highest BCUT2D eigenvalue weighted by Crippen LogP contribution is 2.31. The van der Waals surface area contributed by atoms with Gasteiger partial charge in [0.05, 0.1) is 12.5 Å². The van der Waals surface area contributed by atoms with Gasteiger partial charge in [-0.25, -0.2) is 0 Å². The van der Waals surface area contributed by atoms with E-state index < -0.39 is 0 Å². The van der Waals surface area contributed by atoms with Crippen LogP contribution in [0.3, 0.4) is 0 Å². The first-order valence-corrected chi connectivity index (χ1v) is 9.79. The van der Waals surface area contributed by atoms with Gasteiger partial charge in [0.1, 0.15) is 11.3 Å². The molecule has 0 aliphatic carbocycles. The molecule has 4 aromatic rings. The lowest BCUT2D eigenvalue weighted by Crippen LogP contribution is -2.29. The van der Waals surface area contributed by atoms with E-state index in [1.54, 1.807) is 55.6 Å². The lowest BCUT2D eigenvalue weighted by molar-refractivity contribution is -0.123. The highest BCUT2D eigenvalue weighted by molar-refractivity contribution is 5.83. The third kappa shape index (κ3) is 4.59. The first kappa shape index (κ1) is 20.2. The highest BCUT2D eigenvalue weighted by Gasteiger charge is 2.18. The molecule has 6 nitrogen and oxygen atoms in total. The second-order valence-corrected chi connectivity index (χ2v) is 6.87. The minimum atomic E-state index is -0.336. The van der Waals surface area contributed by atoms with Crippen LogP contribution in [0.4, 0.5) is 0 Å². The SMILES string of the molecule is COc1ccc(-c2oc3ccccc3c(=O)c2OCC(=O)NCc2ccccc2)cc1. The molecular formula is C25H21NO5. The third-order valence-electron chi connectivity index (χ3n) is 4.79. The normalized spacial score (nSPS) is 10.6. The number of carbonyl (C=O) groups excluding carboxylic acids is 1. The van der Waals surface area contributed by atoms with Crippen molar-refractivity contribution in [2.24, 2.45) is 0 Å². The van der Waals surface area contributed by atoms with Crippen molar-refractivity contribution >= 4 is 16.9 Å². The molecule has 0 atom stereocenters. The zero-order valence-electron chi connectivity index (χ0n) is 17.0. The van der Waals surface area contributed by atoms with Crippen LogP contribution in [0.5, 0.6) is 11.5 Å². The molecular weight excluding hydrogens is 394 g/mol. The van der Waals surface area contributed by atoms with Gasteiger partial charge in [0.15, 0.2) is 12.4 Å². The van der Waals surface area contributed by atoms with Crippen LogP contribution in [0.2, 0.25) is 0 Å². The van der Waals surface area contributed by atoms with E-state index in [4.69, 9.17) is 13.9 Å². The molecule has 0 saturated heterocycles. The number of rotatable bonds is 7. The lowest BCUT2D eigenvalue weighted by atomic mass is 10.1. The molecule has 0 spiro atoms. The summed E-state index contributed by atoms with van der Waals surface area (Å²) < 4.78 is 16.9. The predicted octanol–water partition coefficient (Wildman–Crippen LogP) is 4.16. The summed E-state index contributed by atoms with van der Waals surface area (Å²) in [7, 11) is 1.58. The molecule has 31 heavy (non-hydrogen) atoms. The van der Waals surface area contributed by atoms with Crippen molar-refractivity contribution in [3.05, 3.63) is 94.6 Å². The van der Waals surface area contributed by atoms with Gasteiger partial charge in [-0.15, -0.1) is 0 Å². The van der Waals surface area contributed by atoms with Crippen LogP contribution in [0.15, 0.2) is 88.1 Å². The van der Waals surface area contributed by atoms with E-state index in [0.717, 1.165) is 5.56 Å². The Morgan fingerprint density at radius 1 is 0.935 bits per heavy atom. The average molecular weight is 415 g/mol. The fourth-order valence-corrected chi connectivity index (χ4v) is 3.17. The number of nitrogens with one attached hydrogen (secondary N) is 1. The summed E-state index contributed by atoms with van der Waals surface area (Å²) in [6.07, 6.45) is 0. The first-order chi connectivity index (χ1) is 15.2. The number of hydrogen-bond acceptors (Lipinski definition) is 5. The maximum Gasteiger partial charge on any atom is 0.258 e. The number of benzene rings is 3. The Morgan fingerprint density at radius 3 is 2.39 bits per heavy atom. The van der Waals surface area contributed by atoms with Crippen LogP contribution in [0, 0.1) is 0 Å². The number of ether oxygens (including phenoxy) is 2. The van der Waals surface area contributed by atoms with E-state index in [1.807, 2.05) is 30.3 Å². The van der Waals surface area contributed by atoms with Gasteiger partial charge in [0, 0.05) is 12.1 Å². The lowest BCUT2D eigenvalue weighted by Gasteiger charge is -2.12. The second-order valence-electron chi connectivity index (χ2n) is 6.87. The van der Waals surface area contributed by atoms with E-state index in [2.05, 4.69) is 5.32 Å². The molecule has 0 aliphatic rings. The highest BCUT2D eigenvalue weighted by atomic mass is 16.5. The molecule has 1 amide bonds. The summed E-state index contributed by atoms with van der Waals surface area (Å²) in [4.78, 5) is 25.4. The van der Waals surface area contributed by atoms with E-state index in [9.17, 15) is 9.59 Å². The van der Waals surface area contributed by atoms with E-state index >= 15 is 0 Å². The van der Waals surface area contributed by atoms with Gasteiger partial charge in [0.25, 0.3) is 5.91 Å². The number of fused-ring (bicyclic) bond motifs is 1. The average Bonchev–Trinajstić information content (AvgIpc) is 2.83. The molecule has 0 fully saturated rings. The Balaban J connectivity index is 1.61. The number of carbonyl (C=O) groups is 1. The van der Waals surface area contributed by atoms with Gasteiger partial charge in [-0.05, 0) is 42.0 Å². The Bertz CT molecular complexity index is 1250. The van der Waals surface area contributed by atoms with E-state index in [1.165, 1.54) is 0 Å². The zero-order valence-corrected chi connectivity index (χ0v) is 17.0. The molecule has 1 N–H and O–H groups in total. The minimum absolute atomic E-state index is 0.00118. The fourth-order valence-electron chi connectivity index (χ4n) is 3.17. The largest absolute Gasteiger partial charge is 0.497 e. The smallest absolute Gasteiger partial charge is 0.258 e. The number of amides is 1. The molecule has 0 saturated carbocycles. The molecule has 0 radical (unpaired) electrons. The summed E-state index contributed by atoms with van der Waals surface area (Å²) in [5.41, 5.74) is 1.73. The first-order valence-electron chi connectivity index (χ1n) is 9.79. The van der Waals surface area contributed by atoms with Gasteiger partial charge in [-0.2, -0.15) is 0 Å². The van der Waals surface area contributed by atoms with Crippen LogP contribution in [0.25, 0.3) is 22.3 Å². The summed E-state index contributed by atoms with van der Waals surface area (Å²) in [5.74, 6) is 0.604. The molecule has 4 rings (SSSR count). The maximum absolute atomic E-state index is 13.1. The van der Waals surface area contributed by atoms with Crippen molar-refractivity contribution in [1.82, 2.24) is 5.32 Å². The van der Waals surface area contributed by atoms with Crippen molar-refractivity contribution in [2.75, 3.05) is 13.7 Å². The third-order valence-corrected chi connectivity index (χ3v) is 4.79. The van der Waals surface area contributed by atoms with Gasteiger partial charge in [0.2, 0.25) is 11.2 Å². The quantitative estimate of drug-likeness (QED) is 0.490. The number of hydrogen-bond donors (Lipinski definition) is 1. The van der Waals surface area contributed by atoms with Gasteiger partial charge in [-0.1, -0.05) is 42.5 Å².